The maximum atomic E-state index is 13.0. The van der Waals surface area contributed by atoms with Crippen molar-refractivity contribution in [2.24, 2.45) is 11.3 Å². The van der Waals surface area contributed by atoms with E-state index in [9.17, 15) is 14.9 Å². The summed E-state index contributed by atoms with van der Waals surface area (Å²) in [6, 6.07) is 14.8. The first-order valence-electron chi connectivity index (χ1n) is 9.85. The van der Waals surface area contributed by atoms with Crippen LogP contribution in [0.2, 0.25) is 0 Å². The Morgan fingerprint density at radius 3 is 2.76 bits per heavy atom. The number of hydrogen-bond donors (Lipinski definition) is 2. The Balaban J connectivity index is 1.43. The largest absolute Gasteiger partial charge is 0.331 e. The van der Waals surface area contributed by atoms with Gasteiger partial charge in [-0.15, -0.1) is 0 Å². The van der Waals surface area contributed by atoms with Gasteiger partial charge in [-0.3, -0.25) is 10.1 Å². The molecule has 1 aliphatic carbocycles. The van der Waals surface area contributed by atoms with Gasteiger partial charge in [-0.25, -0.2) is 9.78 Å². The highest BCUT2D eigenvalue weighted by molar-refractivity contribution is 6.02. The van der Waals surface area contributed by atoms with Crippen molar-refractivity contribution >= 4 is 23.4 Å². The van der Waals surface area contributed by atoms with Gasteiger partial charge in [-0.05, 0) is 43.7 Å². The van der Waals surface area contributed by atoms with E-state index in [0.29, 0.717) is 24.5 Å². The van der Waals surface area contributed by atoms with Crippen LogP contribution in [-0.4, -0.2) is 23.5 Å². The predicted octanol–water partition coefficient (Wildman–Crippen LogP) is 3.62. The average Bonchev–Trinajstić information content (AvgIpc) is 3.53. The number of amides is 3. The lowest BCUT2D eigenvalue weighted by atomic mass is 9.83. The van der Waals surface area contributed by atoms with Gasteiger partial charge in [0.2, 0.25) is 5.91 Å². The lowest BCUT2D eigenvalue weighted by molar-refractivity contribution is -0.123. The Kier molecular flexibility index (Phi) is 4.93. The number of nitrogens with zero attached hydrogens (tertiary/aromatic N) is 3. The molecule has 0 bridgehead atoms. The molecule has 0 spiro atoms. The Labute approximate surface area is 169 Å². The fourth-order valence-corrected chi connectivity index (χ4v) is 3.96. The number of hydrogen-bond acceptors (Lipinski definition) is 4. The molecule has 7 nitrogen and oxygen atoms in total. The highest BCUT2D eigenvalue weighted by Gasteiger charge is 2.56. The zero-order valence-corrected chi connectivity index (χ0v) is 16.3. The summed E-state index contributed by atoms with van der Waals surface area (Å²) in [5.41, 5.74) is 0.758. The quantitative estimate of drug-likeness (QED) is 0.816. The zero-order chi connectivity index (χ0) is 20.4. The number of carbonyl (C=O) groups excluding carboxylic acids is 2. The molecule has 2 aliphatic rings. The van der Waals surface area contributed by atoms with Gasteiger partial charge >= 0.3 is 6.03 Å². The van der Waals surface area contributed by atoms with Crippen molar-refractivity contribution in [1.82, 2.24) is 10.3 Å². The van der Waals surface area contributed by atoms with Gasteiger partial charge in [-0.2, -0.15) is 5.26 Å². The van der Waals surface area contributed by atoms with Gasteiger partial charge in [0, 0.05) is 24.5 Å². The van der Waals surface area contributed by atoms with Crippen LogP contribution in [0.4, 0.5) is 16.3 Å². The second-order valence-electron chi connectivity index (χ2n) is 7.69. The van der Waals surface area contributed by atoms with Crippen molar-refractivity contribution in [3.05, 3.63) is 54.2 Å². The second kappa shape index (κ2) is 7.55. The standard InChI is InChI=1S/C22H23N5O2/c1-15(16-5-3-2-4-6-16)25-21(29)26-19-13-18(9-11-24-19)27-12-10-22(14-23,20(27)28)17-7-8-17/h2-6,9,11,13,15,17H,7-8,10,12H2,1H3,(H2,24,25,26,29)/t15-,22-/m1/s1. The maximum Gasteiger partial charge on any atom is 0.320 e. The van der Waals surface area contributed by atoms with Crippen molar-refractivity contribution in [3.63, 3.8) is 0 Å². The molecular formula is C22H23N5O2. The van der Waals surface area contributed by atoms with Gasteiger partial charge in [0.15, 0.2) is 0 Å². The highest BCUT2D eigenvalue weighted by atomic mass is 16.2. The Hall–Kier alpha value is -3.40. The summed E-state index contributed by atoms with van der Waals surface area (Å²) in [5.74, 6) is 0.394. The Morgan fingerprint density at radius 1 is 1.31 bits per heavy atom. The zero-order valence-electron chi connectivity index (χ0n) is 16.3. The SMILES string of the molecule is C[C@@H](NC(=O)Nc1cc(N2CC[C@@](C#N)(C3CC3)C2=O)ccn1)c1ccccc1. The molecule has 1 aromatic heterocycles. The fraction of sp³-hybridized carbons (Fsp3) is 0.364. The number of anilines is 2. The van der Waals surface area contributed by atoms with Gasteiger partial charge < -0.3 is 10.2 Å². The molecule has 0 unspecified atom stereocenters. The van der Waals surface area contributed by atoms with Crippen LogP contribution in [0.5, 0.6) is 0 Å². The Morgan fingerprint density at radius 2 is 2.07 bits per heavy atom. The molecule has 4 rings (SSSR count). The molecule has 2 aromatic rings. The van der Waals surface area contributed by atoms with Crippen molar-refractivity contribution in [3.8, 4) is 6.07 Å². The third-order valence-electron chi connectivity index (χ3n) is 5.77. The summed E-state index contributed by atoms with van der Waals surface area (Å²) < 4.78 is 0. The summed E-state index contributed by atoms with van der Waals surface area (Å²) in [6.45, 7) is 2.41. The number of carbonyl (C=O) groups is 2. The molecule has 1 saturated heterocycles. The van der Waals surface area contributed by atoms with Crippen molar-refractivity contribution in [1.29, 1.82) is 5.26 Å². The molecule has 1 aliphatic heterocycles. The molecule has 1 saturated carbocycles. The van der Waals surface area contributed by atoms with Crippen LogP contribution in [0, 0.1) is 22.7 Å². The van der Waals surface area contributed by atoms with Crippen molar-refractivity contribution < 1.29 is 9.59 Å². The van der Waals surface area contributed by atoms with E-state index in [0.717, 1.165) is 18.4 Å². The van der Waals surface area contributed by atoms with Crippen LogP contribution in [0.15, 0.2) is 48.7 Å². The third-order valence-corrected chi connectivity index (χ3v) is 5.77. The van der Waals surface area contributed by atoms with Crippen molar-refractivity contribution in [2.45, 2.75) is 32.2 Å². The van der Waals surface area contributed by atoms with E-state index >= 15 is 0 Å². The molecule has 2 heterocycles. The predicted molar refractivity (Wildman–Crippen MR) is 109 cm³/mol. The van der Waals surface area contributed by atoms with Gasteiger partial charge in [0.05, 0.1) is 12.1 Å². The minimum atomic E-state index is -0.890. The summed E-state index contributed by atoms with van der Waals surface area (Å²) in [7, 11) is 0. The van der Waals surface area contributed by atoms with E-state index in [1.54, 1.807) is 23.2 Å². The van der Waals surface area contributed by atoms with E-state index in [-0.39, 0.29) is 23.9 Å². The summed E-state index contributed by atoms with van der Waals surface area (Å²) in [6.07, 6.45) is 3.99. The number of benzene rings is 1. The topological polar surface area (TPSA) is 98.1 Å². The maximum absolute atomic E-state index is 13.0. The number of urea groups is 1. The molecule has 7 heteroatoms. The summed E-state index contributed by atoms with van der Waals surface area (Å²) in [4.78, 5) is 31.1. The normalized spacial score (nSPS) is 22.1. The van der Waals surface area contributed by atoms with Crippen LogP contribution in [0.3, 0.4) is 0 Å². The number of pyridine rings is 1. The molecule has 148 valence electrons. The summed E-state index contributed by atoms with van der Waals surface area (Å²) >= 11 is 0. The van der Waals surface area contributed by atoms with Gasteiger partial charge in [-0.1, -0.05) is 30.3 Å². The smallest absolute Gasteiger partial charge is 0.320 e. The molecular weight excluding hydrogens is 366 g/mol. The molecule has 2 fully saturated rings. The van der Waals surface area contributed by atoms with E-state index < -0.39 is 5.41 Å². The third kappa shape index (κ3) is 3.66. The molecule has 2 N–H and O–H groups in total. The number of nitrogens with one attached hydrogen (secondary N) is 2. The minimum absolute atomic E-state index is 0.137. The van der Waals surface area contributed by atoms with Crippen LogP contribution < -0.4 is 15.5 Å². The number of nitriles is 1. The first kappa shape index (κ1) is 18.9. The molecule has 1 aromatic carbocycles. The number of rotatable bonds is 5. The number of aromatic nitrogens is 1. The first-order valence-corrected chi connectivity index (χ1v) is 9.85. The lowest BCUT2D eigenvalue weighted by Crippen LogP contribution is -2.35. The second-order valence-corrected chi connectivity index (χ2v) is 7.69. The van der Waals surface area contributed by atoms with E-state index in [2.05, 4.69) is 21.7 Å². The van der Waals surface area contributed by atoms with E-state index in [4.69, 9.17) is 0 Å². The molecule has 3 amide bonds. The van der Waals surface area contributed by atoms with Gasteiger partial charge in [0.1, 0.15) is 11.2 Å². The van der Waals surface area contributed by atoms with E-state index in [1.165, 1.54) is 0 Å². The summed E-state index contributed by atoms with van der Waals surface area (Å²) in [5, 5.41) is 15.2. The molecule has 2 atom stereocenters. The lowest BCUT2D eigenvalue weighted by Gasteiger charge is -2.21. The fourth-order valence-electron chi connectivity index (χ4n) is 3.96. The Bertz CT molecular complexity index is 967. The minimum Gasteiger partial charge on any atom is -0.331 e. The van der Waals surface area contributed by atoms with Crippen molar-refractivity contribution in [2.75, 3.05) is 16.8 Å². The van der Waals surface area contributed by atoms with Gasteiger partial charge in [0.25, 0.3) is 0 Å². The monoisotopic (exact) mass is 389 g/mol. The molecule has 29 heavy (non-hydrogen) atoms. The van der Waals surface area contributed by atoms with Crippen LogP contribution in [-0.2, 0) is 4.79 Å². The first-order chi connectivity index (χ1) is 14.0. The van der Waals surface area contributed by atoms with Crippen LogP contribution >= 0.6 is 0 Å². The van der Waals surface area contributed by atoms with E-state index in [1.807, 2.05) is 37.3 Å². The highest BCUT2D eigenvalue weighted by Crippen LogP contribution is 2.51. The van der Waals surface area contributed by atoms with Crippen LogP contribution in [0.1, 0.15) is 37.8 Å². The molecule has 0 radical (unpaired) electrons. The van der Waals surface area contributed by atoms with Crippen LogP contribution in [0.25, 0.3) is 0 Å². The average molecular weight is 389 g/mol.